The van der Waals surface area contributed by atoms with Crippen molar-refractivity contribution in [2.24, 2.45) is 10.9 Å². The molecule has 0 bridgehead atoms. The van der Waals surface area contributed by atoms with Gasteiger partial charge in [-0.15, -0.1) is 0 Å². The zero-order chi connectivity index (χ0) is 18.2. The minimum absolute atomic E-state index is 0.160. The highest BCUT2D eigenvalue weighted by Gasteiger charge is 2.09. The van der Waals surface area contributed by atoms with E-state index in [0.717, 1.165) is 35.1 Å². The van der Waals surface area contributed by atoms with Crippen molar-refractivity contribution in [2.75, 3.05) is 19.7 Å². The minimum Gasteiger partial charge on any atom is -0.396 e. The summed E-state index contributed by atoms with van der Waals surface area (Å²) in [5.41, 5.74) is 4.28. The predicted molar refractivity (Wildman–Crippen MR) is 102 cm³/mol. The van der Waals surface area contributed by atoms with Gasteiger partial charge in [-0.3, -0.25) is 0 Å². The second-order valence-corrected chi connectivity index (χ2v) is 6.33. The van der Waals surface area contributed by atoms with Gasteiger partial charge in [-0.1, -0.05) is 25.1 Å². The van der Waals surface area contributed by atoms with Crippen LogP contribution in [0.25, 0.3) is 5.69 Å². The van der Waals surface area contributed by atoms with Crippen LogP contribution in [0.3, 0.4) is 0 Å². The third-order valence-electron chi connectivity index (χ3n) is 3.91. The van der Waals surface area contributed by atoms with E-state index >= 15 is 0 Å². The lowest BCUT2D eigenvalue weighted by Crippen LogP contribution is -2.39. The van der Waals surface area contributed by atoms with Crippen molar-refractivity contribution < 1.29 is 5.11 Å². The fourth-order valence-corrected chi connectivity index (χ4v) is 2.57. The van der Waals surface area contributed by atoms with Gasteiger partial charge in [0.1, 0.15) is 0 Å². The first kappa shape index (κ1) is 19.0. The average Bonchev–Trinajstić information content (AvgIpc) is 2.95. The molecule has 1 unspecified atom stereocenters. The van der Waals surface area contributed by atoms with Gasteiger partial charge in [0.05, 0.1) is 17.9 Å². The van der Waals surface area contributed by atoms with E-state index in [1.54, 1.807) is 0 Å². The van der Waals surface area contributed by atoms with E-state index in [1.165, 1.54) is 0 Å². The van der Waals surface area contributed by atoms with Crippen LogP contribution in [0, 0.1) is 19.8 Å². The maximum atomic E-state index is 9.17. The molecule has 136 valence electrons. The molecule has 0 saturated heterocycles. The van der Waals surface area contributed by atoms with Crippen LogP contribution in [0.1, 0.15) is 30.8 Å². The maximum absolute atomic E-state index is 9.17. The molecule has 1 aromatic heterocycles. The summed E-state index contributed by atoms with van der Waals surface area (Å²) in [6.07, 6.45) is 0. The lowest BCUT2D eigenvalue weighted by Gasteiger charge is -2.15. The summed E-state index contributed by atoms with van der Waals surface area (Å²) in [5.74, 6) is 0.941. The number of guanidine groups is 1. The summed E-state index contributed by atoms with van der Waals surface area (Å²) in [6.45, 7) is 10.3. The van der Waals surface area contributed by atoms with E-state index in [-0.39, 0.29) is 12.5 Å². The molecule has 0 fully saturated rings. The molecule has 6 heteroatoms. The van der Waals surface area contributed by atoms with E-state index in [0.29, 0.717) is 13.1 Å². The van der Waals surface area contributed by atoms with Crippen LogP contribution in [0.4, 0.5) is 0 Å². The number of hydrogen-bond acceptors (Lipinski definition) is 3. The van der Waals surface area contributed by atoms with Crippen LogP contribution >= 0.6 is 0 Å². The number of aliphatic hydroxyl groups is 1. The highest BCUT2D eigenvalue weighted by molar-refractivity contribution is 5.79. The van der Waals surface area contributed by atoms with E-state index in [9.17, 15) is 0 Å². The monoisotopic (exact) mass is 343 g/mol. The van der Waals surface area contributed by atoms with Gasteiger partial charge in [0, 0.05) is 25.4 Å². The summed E-state index contributed by atoms with van der Waals surface area (Å²) in [6, 6.07) is 10.3. The Hall–Kier alpha value is -2.34. The molecule has 2 aromatic rings. The normalized spacial score (nSPS) is 12.9. The molecule has 6 nitrogen and oxygen atoms in total. The third kappa shape index (κ3) is 5.32. The van der Waals surface area contributed by atoms with Crippen molar-refractivity contribution in [3.05, 3.63) is 47.3 Å². The van der Waals surface area contributed by atoms with Gasteiger partial charge < -0.3 is 15.7 Å². The Morgan fingerprint density at radius 3 is 2.68 bits per heavy atom. The number of nitrogens with zero attached hydrogens (tertiary/aromatic N) is 3. The molecule has 2 rings (SSSR count). The van der Waals surface area contributed by atoms with Crippen molar-refractivity contribution in [1.29, 1.82) is 0 Å². The fraction of sp³-hybridized carbons (Fsp3) is 0.474. The van der Waals surface area contributed by atoms with Crippen LogP contribution in [0.5, 0.6) is 0 Å². The van der Waals surface area contributed by atoms with Gasteiger partial charge in [0.25, 0.3) is 0 Å². The summed E-state index contributed by atoms with van der Waals surface area (Å²) in [4.78, 5) is 4.68. The summed E-state index contributed by atoms with van der Waals surface area (Å²) >= 11 is 0. The Balaban J connectivity index is 2.19. The number of para-hydroxylation sites is 1. The van der Waals surface area contributed by atoms with E-state index < -0.39 is 0 Å². The molecule has 0 aliphatic heterocycles. The van der Waals surface area contributed by atoms with E-state index in [2.05, 4.69) is 45.8 Å². The summed E-state index contributed by atoms with van der Waals surface area (Å²) < 4.78 is 1.97. The molecule has 0 amide bonds. The molecule has 1 atom stereocenters. The van der Waals surface area contributed by atoms with Gasteiger partial charge in [-0.2, -0.15) is 5.10 Å². The van der Waals surface area contributed by atoms with Crippen molar-refractivity contribution in [2.45, 2.75) is 34.2 Å². The zero-order valence-electron chi connectivity index (χ0n) is 15.6. The van der Waals surface area contributed by atoms with Crippen molar-refractivity contribution in [3.8, 4) is 5.69 Å². The Morgan fingerprint density at radius 2 is 2.04 bits per heavy atom. The third-order valence-corrected chi connectivity index (χ3v) is 3.91. The Labute approximate surface area is 150 Å². The Bertz CT molecular complexity index is 708. The molecule has 0 aliphatic carbocycles. The highest BCUT2D eigenvalue weighted by atomic mass is 16.3. The molecule has 0 spiro atoms. The van der Waals surface area contributed by atoms with Gasteiger partial charge in [0.2, 0.25) is 0 Å². The highest BCUT2D eigenvalue weighted by Crippen LogP contribution is 2.17. The smallest absolute Gasteiger partial charge is 0.191 e. The number of rotatable bonds is 7. The molecule has 25 heavy (non-hydrogen) atoms. The van der Waals surface area contributed by atoms with Crippen LogP contribution in [-0.4, -0.2) is 40.5 Å². The number of nitrogens with one attached hydrogen (secondary N) is 2. The lowest BCUT2D eigenvalue weighted by atomic mass is 10.2. The van der Waals surface area contributed by atoms with Crippen LogP contribution in [0.15, 0.2) is 35.3 Å². The number of benzene rings is 1. The fourth-order valence-electron chi connectivity index (χ4n) is 2.57. The van der Waals surface area contributed by atoms with Crippen molar-refractivity contribution in [3.63, 3.8) is 0 Å². The number of aliphatic hydroxyl groups excluding tert-OH is 1. The van der Waals surface area contributed by atoms with E-state index in [1.807, 2.05) is 37.6 Å². The van der Waals surface area contributed by atoms with Crippen LogP contribution in [0.2, 0.25) is 0 Å². The predicted octanol–water partition coefficient (Wildman–Crippen LogP) is 2.17. The van der Waals surface area contributed by atoms with Crippen LogP contribution in [-0.2, 0) is 6.54 Å². The van der Waals surface area contributed by atoms with Gasteiger partial charge in [0.15, 0.2) is 5.96 Å². The Morgan fingerprint density at radius 1 is 1.28 bits per heavy atom. The number of hydrogen-bond donors (Lipinski definition) is 3. The van der Waals surface area contributed by atoms with Gasteiger partial charge in [-0.25, -0.2) is 9.67 Å². The molecule has 3 N–H and O–H groups in total. The standard InChI is InChI=1S/C19H29N5O/c1-5-20-19(21-11-14(2)13-25)22-12-17-8-6-7-9-18(17)24-16(4)10-15(3)23-24/h6-10,14,25H,5,11-13H2,1-4H3,(H2,20,21,22). The first-order valence-electron chi connectivity index (χ1n) is 8.79. The average molecular weight is 343 g/mol. The van der Waals surface area contributed by atoms with Gasteiger partial charge >= 0.3 is 0 Å². The lowest BCUT2D eigenvalue weighted by molar-refractivity contribution is 0.238. The molecule has 0 saturated carbocycles. The zero-order valence-corrected chi connectivity index (χ0v) is 15.6. The topological polar surface area (TPSA) is 74.5 Å². The number of aryl methyl sites for hydroxylation is 2. The first-order chi connectivity index (χ1) is 12.0. The van der Waals surface area contributed by atoms with Crippen molar-refractivity contribution in [1.82, 2.24) is 20.4 Å². The van der Waals surface area contributed by atoms with E-state index in [4.69, 9.17) is 5.11 Å². The molecule has 1 aromatic carbocycles. The second-order valence-electron chi connectivity index (χ2n) is 6.33. The molecular formula is C19H29N5O. The van der Waals surface area contributed by atoms with Crippen molar-refractivity contribution >= 4 is 5.96 Å². The molecule has 0 radical (unpaired) electrons. The van der Waals surface area contributed by atoms with Crippen LogP contribution < -0.4 is 10.6 Å². The minimum atomic E-state index is 0.160. The summed E-state index contributed by atoms with van der Waals surface area (Å²) in [7, 11) is 0. The van der Waals surface area contributed by atoms with Gasteiger partial charge in [-0.05, 0) is 44.4 Å². The largest absolute Gasteiger partial charge is 0.396 e. The second kappa shape index (κ2) is 9.22. The first-order valence-corrected chi connectivity index (χ1v) is 8.79. The number of aliphatic imine (C=N–C) groups is 1. The Kier molecular flexibility index (Phi) is 7.01. The summed E-state index contributed by atoms with van der Waals surface area (Å²) in [5, 5.41) is 20.3. The SMILES string of the molecule is CCNC(=NCc1ccccc1-n1nc(C)cc1C)NCC(C)CO. The number of aromatic nitrogens is 2. The quantitative estimate of drug-likeness (QED) is 0.532. The maximum Gasteiger partial charge on any atom is 0.191 e. The molecule has 1 heterocycles. The molecule has 0 aliphatic rings. The molecular weight excluding hydrogens is 314 g/mol.